The van der Waals surface area contributed by atoms with Gasteiger partial charge in [0.2, 0.25) is 5.28 Å². The van der Waals surface area contributed by atoms with Crippen LogP contribution in [0.15, 0.2) is 30.6 Å². The Hall–Kier alpha value is -2.60. The first-order chi connectivity index (χ1) is 11.9. The zero-order valence-electron chi connectivity index (χ0n) is 14.4. The van der Waals surface area contributed by atoms with Crippen molar-refractivity contribution < 1.29 is 14.3 Å². The lowest BCUT2D eigenvalue weighted by Crippen LogP contribution is -2.13. The number of halogens is 1. The Morgan fingerprint density at radius 2 is 2.04 bits per heavy atom. The van der Waals surface area contributed by atoms with Gasteiger partial charge in [0.05, 0.1) is 24.4 Å². The molecule has 3 rings (SSSR count). The molecule has 0 radical (unpaired) electrons. The number of aryl methyl sites for hydroxylation is 1. The number of methoxy groups -OCH3 is 1. The lowest BCUT2D eigenvalue weighted by Gasteiger charge is -2.10. The van der Waals surface area contributed by atoms with E-state index < -0.39 is 5.97 Å². The second-order valence-corrected chi connectivity index (χ2v) is 6.20. The van der Waals surface area contributed by atoms with E-state index in [1.54, 1.807) is 21.0 Å². The number of aromatic nitrogens is 3. The van der Waals surface area contributed by atoms with Crippen molar-refractivity contribution in [2.24, 2.45) is 7.05 Å². The van der Waals surface area contributed by atoms with Gasteiger partial charge < -0.3 is 14.0 Å². The molecular formula is C19H22ClN3O3. The predicted octanol–water partition coefficient (Wildman–Crippen LogP) is 4.50. The fourth-order valence-electron chi connectivity index (χ4n) is 2.78. The highest BCUT2D eigenvalue weighted by Crippen LogP contribution is 2.36. The molecule has 3 aromatic rings. The van der Waals surface area contributed by atoms with Gasteiger partial charge in [0.25, 0.3) is 0 Å². The summed E-state index contributed by atoms with van der Waals surface area (Å²) in [6, 6.07) is 5.72. The van der Waals surface area contributed by atoms with E-state index in [0.29, 0.717) is 5.69 Å². The third kappa shape index (κ3) is 3.51. The van der Waals surface area contributed by atoms with Crippen LogP contribution in [0.1, 0.15) is 31.6 Å². The number of para-hydroxylation sites is 1. The van der Waals surface area contributed by atoms with Crippen molar-refractivity contribution in [3.63, 3.8) is 0 Å². The number of ether oxygens (including phenoxy) is 2. The molecule has 0 saturated carbocycles. The number of carbonyl (C=O) groups excluding carboxylic acids is 1. The molecule has 0 bridgehead atoms. The SMILES string of the molecule is C.COc1cccc2c(-c3nc(Cl)ncc3C(=O)OC(C)C)cn(C)c12. The van der Waals surface area contributed by atoms with Crippen LogP contribution in [0.2, 0.25) is 5.28 Å². The van der Waals surface area contributed by atoms with Crippen LogP contribution in [0, 0.1) is 0 Å². The summed E-state index contributed by atoms with van der Waals surface area (Å²) < 4.78 is 12.7. The van der Waals surface area contributed by atoms with Gasteiger partial charge in [-0.3, -0.25) is 0 Å². The van der Waals surface area contributed by atoms with Gasteiger partial charge in [-0.05, 0) is 31.5 Å². The number of rotatable bonds is 4. The van der Waals surface area contributed by atoms with Gasteiger partial charge in [-0.2, -0.15) is 0 Å². The van der Waals surface area contributed by atoms with Gasteiger partial charge in [-0.25, -0.2) is 14.8 Å². The Morgan fingerprint density at radius 1 is 1.31 bits per heavy atom. The first-order valence-corrected chi connectivity index (χ1v) is 8.16. The van der Waals surface area contributed by atoms with Crippen LogP contribution in [-0.2, 0) is 11.8 Å². The van der Waals surface area contributed by atoms with Crippen LogP contribution >= 0.6 is 11.6 Å². The maximum Gasteiger partial charge on any atom is 0.342 e. The number of esters is 1. The smallest absolute Gasteiger partial charge is 0.342 e. The van der Waals surface area contributed by atoms with Crippen molar-refractivity contribution >= 4 is 28.5 Å². The van der Waals surface area contributed by atoms with E-state index in [0.717, 1.165) is 22.2 Å². The molecule has 0 spiro atoms. The summed E-state index contributed by atoms with van der Waals surface area (Å²) >= 11 is 5.99. The molecule has 0 saturated heterocycles. The summed E-state index contributed by atoms with van der Waals surface area (Å²) in [4.78, 5) is 20.7. The summed E-state index contributed by atoms with van der Waals surface area (Å²) in [6.45, 7) is 3.58. The Balaban J connectivity index is 0.00000243. The Bertz CT molecular complexity index is 951. The molecule has 2 heterocycles. The molecule has 0 fully saturated rings. The number of carbonyl (C=O) groups is 1. The van der Waals surface area contributed by atoms with E-state index in [4.69, 9.17) is 21.1 Å². The highest BCUT2D eigenvalue weighted by atomic mass is 35.5. The van der Waals surface area contributed by atoms with Crippen molar-refractivity contribution in [1.82, 2.24) is 14.5 Å². The van der Waals surface area contributed by atoms with Crippen molar-refractivity contribution in [2.75, 3.05) is 7.11 Å². The first kappa shape index (κ1) is 19.7. The second-order valence-electron chi connectivity index (χ2n) is 5.87. The van der Waals surface area contributed by atoms with Crippen LogP contribution in [0.4, 0.5) is 0 Å². The molecule has 0 N–H and O–H groups in total. The van der Waals surface area contributed by atoms with Gasteiger partial charge in [-0.15, -0.1) is 0 Å². The summed E-state index contributed by atoms with van der Waals surface area (Å²) in [6.07, 6.45) is 3.04. The average molecular weight is 376 g/mol. The number of fused-ring (bicyclic) bond motifs is 1. The quantitative estimate of drug-likeness (QED) is 0.496. The van der Waals surface area contributed by atoms with Crippen LogP contribution < -0.4 is 4.74 Å². The average Bonchev–Trinajstić information content (AvgIpc) is 2.91. The van der Waals surface area contributed by atoms with Gasteiger partial charge in [0, 0.05) is 30.4 Å². The van der Waals surface area contributed by atoms with Crippen LogP contribution in [0.25, 0.3) is 22.2 Å². The molecule has 1 aromatic carbocycles. The van der Waals surface area contributed by atoms with E-state index >= 15 is 0 Å². The van der Waals surface area contributed by atoms with Gasteiger partial charge in [0.15, 0.2) is 0 Å². The summed E-state index contributed by atoms with van der Waals surface area (Å²) in [7, 11) is 3.53. The van der Waals surface area contributed by atoms with Crippen molar-refractivity contribution in [1.29, 1.82) is 0 Å². The summed E-state index contributed by atoms with van der Waals surface area (Å²) in [5, 5.41) is 0.964. The Morgan fingerprint density at radius 3 is 2.69 bits per heavy atom. The molecule has 0 unspecified atom stereocenters. The predicted molar refractivity (Wildman–Crippen MR) is 103 cm³/mol. The zero-order chi connectivity index (χ0) is 18.1. The van der Waals surface area contributed by atoms with Gasteiger partial charge in [0.1, 0.15) is 11.3 Å². The maximum atomic E-state index is 12.4. The largest absolute Gasteiger partial charge is 0.495 e. The maximum absolute atomic E-state index is 12.4. The minimum atomic E-state index is -0.485. The molecule has 26 heavy (non-hydrogen) atoms. The Labute approximate surface area is 157 Å². The van der Waals surface area contributed by atoms with Crippen LogP contribution in [-0.4, -0.2) is 33.7 Å². The minimum absolute atomic E-state index is 0. The van der Waals surface area contributed by atoms with Crippen LogP contribution in [0.3, 0.4) is 0 Å². The first-order valence-electron chi connectivity index (χ1n) is 7.78. The molecule has 0 aliphatic carbocycles. The number of hydrogen-bond donors (Lipinski definition) is 0. The molecule has 0 amide bonds. The van der Waals surface area contributed by atoms with Gasteiger partial charge >= 0.3 is 5.97 Å². The molecular weight excluding hydrogens is 354 g/mol. The van der Waals surface area contributed by atoms with Crippen molar-refractivity contribution in [3.8, 4) is 17.0 Å². The minimum Gasteiger partial charge on any atom is -0.495 e. The highest BCUT2D eigenvalue weighted by Gasteiger charge is 2.22. The molecule has 7 heteroatoms. The number of nitrogens with zero attached hydrogens (tertiary/aromatic N) is 3. The second kappa shape index (κ2) is 7.74. The molecule has 2 aromatic heterocycles. The number of hydrogen-bond acceptors (Lipinski definition) is 5. The van der Waals surface area contributed by atoms with E-state index in [1.807, 2.05) is 36.0 Å². The lowest BCUT2D eigenvalue weighted by atomic mass is 10.1. The monoisotopic (exact) mass is 375 g/mol. The molecule has 0 aliphatic heterocycles. The number of benzene rings is 1. The zero-order valence-corrected chi connectivity index (χ0v) is 15.2. The van der Waals surface area contributed by atoms with E-state index in [9.17, 15) is 4.79 Å². The Kier molecular flexibility index (Phi) is 5.87. The van der Waals surface area contributed by atoms with E-state index in [-0.39, 0.29) is 24.4 Å². The topological polar surface area (TPSA) is 66.2 Å². The third-order valence-electron chi connectivity index (χ3n) is 3.76. The fraction of sp³-hybridized carbons (Fsp3) is 0.316. The fourth-order valence-corrected chi connectivity index (χ4v) is 2.91. The molecule has 6 nitrogen and oxygen atoms in total. The highest BCUT2D eigenvalue weighted by molar-refractivity contribution is 6.28. The summed E-state index contributed by atoms with van der Waals surface area (Å²) in [5.74, 6) is 0.249. The normalized spacial score (nSPS) is 10.7. The molecule has 0 atom stereocenters. The molecule has 0 aliphatic rings. The third-order valence-corrected chi connectivity index (χ3v) is 3.94. The summed E-state index contributed by atoms with van der Waals surface area (Å²) in [5.41, 5.74) is 2.37. The standard InChI is InChI=1S/C18H18ClN3O3.CH4/c1-10(2)25-17(23)12-8-20-18(19)21-15(12)13-9-22(3)16-11(13)6-5-7-14(16)24-4;/h5-10H,1-4H3;1H4. The van der Waals surface area contributed by atoms with E-state index in [1.165, 1.54) is 6.20 Å². The lowest BCUT2D eigenvalue weighted by molar-refractivity contribution is 0.0378. The molecule has 138 valence electrons. The van der Waals surface area contributed by atoms with Crippen LogP contribution in [0.5, 0.6) is 5.75 Å². The van der Waals surface area contributed by atoms with Crippen molar-refractivity contribution in [3.05, 3.63) is 41.4 Å². The van der Waals surface area contributed by atoms with Gasteiger partial charge in [-0.1, -0.05) is 19.6 Å². The van der Waals surface area contributed by atoms with Crippen molar-refractivity contribution in [2.45, 2.75) is 27.4 Å². The van der Waals surface area contributed by atoms with E-state index in [2.05, 4.69) is 9.97 Å².